The molecule has 0 aliphatic rings. The van der Waals surface area contributed by atoms with E-state index in [1.165, 1.54) is 0 Å². The number of hydrogen-bond donors (Lipinski definition) is 0. The highest BCUT2D eigenvalue weighted by molar-refractivity contribution is 9.10. The van der Waals surface area contributed by atoms with Crippen molar-refractivity contribution in [3.8, 4) is 11.5 Å². The zero-order valence-electron chi connectivity index (χ0n) is 8.52. The van der Waals surface area contributed by atoms with Crippen molar-refractivity contribution in [2.24, 2.45) is 0 Å². The minimum absolute atomic E-state index is 0.211. The molecule has 2 aromatic rings. The summed E-state index contributed by atoms with van der Waals surface area (Å²) in [5, 5.41) is 3.62. The Balaban J connectivity index is 2.31. The Morgan fingerprint density at radius 3 is 3.00 bits per heavy atom. The smallest absolute Gasteiger partial charge is 0.259 e. The van der Waals surface area contributed by atoms with Gasteiger partial charge in [0.05, 0.1) is 10.9 Å². The van der Waals surface area contributed by atoms with Crippen molar-refractivity contribution < 1.29 is 4.52 Å². The Bertz CT molecular complexity index is 488. The predicted molar refractivity (Wildman–Crippen MR) is 64.1 cm³/mol. The number of alkyl halides is 1. The summed E-state index contributed by atoms with van der Waals surface area (Å²) in [7, 11) is 0. The molecule has 0 aromatic carbocycles. The molecule has 0 saturated carbocycles. The van der Waals surface area contributed by atoms with E-state index in [-0.39, 0.29) is 5.38 Å². The summed E-state index contributed by atoms with van der Waals surface area (Å²) in [5.74, 6) is 0.946. The van der Waals surface area contributed by atoms with Crippen molar-refractivity contribution in [2.75, 3.05) is 0 Å². The maximum absolute atomic E-state index is 6.01. The summed E-state index contributed by atoms with van der Waals surface area (Å²) in [6, 6.07) is 1.86. The third-order valence-electron chi connectivity index (χ3n) is 2.03. The van der Waals surface area contributed by atoms with Crippen LogP contribution < -0.4 is 0 Å². The van der Waals surface area contributed by atoms with Gasteiger partial charge in [-0.15, -0.1) is 11.6 Å². The lowest BCUT2D eigenvalue weighted by atomic mass is 10.3. The average molecular weight is 303 g/mol. The molecule has 2 heterocycles. The van der Waals surface area contributed by atoms with Gasteiger partial charge >= 0.3 is 0 Å². The maximum Gasteiger partial charge on any atom is 0.259 e. The lowest BCUT2D eigenvalue weighted by Gasteiger charge is -1.96. The lowest BCUT2D eigenvalue weighted by Crippen LogP contribution is -1.90. The topological polar surface area (TPSA) is 51.8 Å². The van der Waals surface area contributed by atoms with Crippen LogP contribution in [0.15, 0.2) is 27.5 Å². The van der Waals surface area contributed by atoms with E-state index >= 15 is 0 Å². The first-order valence-electron chi connectivity index (χ1n) is 4.79. The molecule has 1 unspecified atom stereocenters. The molecule has 0 N–H and O–H groups in total. The van der Waals surface area contributed by atoms with Crippen LogP contribution >= 0.6 is 27.5 Å². The number of nitrogens with zero attached hydrogens (tertiary/aromatic N) is 3. The summed E-state index contributed by atoms with van der Waals surface area (Å²) < 4.78 is 5.99. The Kier molecular flexibility index (Phi) is 3.56. The van der Waals surface area contributed by atoms with Crippen molar-refractivity contribution >= 4 is 27.5 Å². The molecule has 1 atom stereocenters. The molecule has 84 valence electrons. The minimum Gasteiger partial charge on any atom is -0.334 e. The van der Waals surface area contributed by atoms with Crippen LogP contribution in [0.3, 0.4) is 0 Å². The van der Waals surface area contributed by atoms with E-state index in [0.29, 0.717) is 11.7 Å². The number of hydrogen-bond acceptors (Lipinski definition) is 4. The van der Waals surface area contributed by atoms with Crippen LogP contribution in [-0.2, 0) is 0 Å². The number of aromatic nitrogens is 3. The van der Waals surface area contributed by atoms with E-state index in [4.69, 9.17) is 16.1 Å². The second-order valence-electron chi connectivity index (χ2n) is 3.23. The van der Waals surface area contributed by atoms with Gasteiger partial charge in [0.1, 0.15) is 0 Å². The summed E-state index contributed by atoms with van der Waals surface area (Å²) in [6.07, 6.45) is 4.12. The van der Waals surface area contributed by atoms with Crippen molar-refractivity contribution in [3.63, 3.8) is 0 Å². The van der Waals surface area contributed by atoms with Crippen LogP contribution in [0, 0.1) is 0 Å². The first kappa shape index (κ1) is 11.5. The third kappa shape index (κ3) is 2.41. The van der Waals surface area contributed by atoms with E-state index in [2.05, 4.69) is 31.1 Å². The molecule has 16 heavy (non-hydrogen) atoms. The molecule has 2 rings (SSSR count). The molecule has 0 amide bonds. The van der Waals surface area contributed by atoms with Gasteiger partial charge in [-0.2, -0.15) is 4.98 Å². The van der Waals surface area contributed by atoms with Gasteiger partial charge in [-0.1, -0.05) is 12.1 Å². The Labute approximate surface area is 106 Å². The van der Waals surface area contributed by atoms with Crippen molar-refractivity contribution in [2.45, 2.75) is 18.7 Å². The summed E-state index contributed by atoms with van der Waals surface area (Å²) in [6.45, 7) is 1.97. The Hall–Kier alpha value is -0.940. The summed E-state index contributed by atoms with van der Waals surface area (Å²) in [5.41, 5.74) is 0.771. The van der Waals surface area contributed by atoms with Gasteiger partial charge in [0.15, 0.2) is 5.82 Å². The fourth-order valence-electron chi connectivity index (χ4n) is 1.19. The number of rotatable bonds is 3. The summed E-state index contributed by atoms with van der Waals surface area (Å²) in [4.78, 5) is 8.25. The normalized spacial score (nSPS) is 12.7. The molecule has 0 saturated heterocycles. The van der Waals surface area contributed by atoms with E-state index in [9.17, 15) is 0 Å². The lowest BCUT2D eigenvalue weighted by molar-refractivity contribution is 0.421. The molecule has 2 aromatic heterocycles. The van der Waals surface area contributed by atoms with Gasteiger partial charge in [0.25, 0.3) is 5.89 Å². The van der Waals surface area contributed by atoms with Gasteiger partial charge in [-0.25, -0.2) is 0 Å². The van der Waals surface area contributed by atoms with Crippen LogP contribution in [0.5, 0.6) is 0 Å². The average Bonchev–Trinajstić information content (AvgIpc) is 2.77. The predicted octanol–water partition coefficient (Wildman–Crippen LogP) is 3.58. The standard InChI is InChI=1S/C10H9BrClN3O/c1-2-8(12)9-14-10(16-15-9)6-3-7(11)5-13-4-6/h3-5,8H,2H2,1H3. The van der Waals surface area contributed by atoms with Crippen LogP contribution in [0.1, 0.15) is 24.5 Å². The highest BCUT2D eigenvalue weighted by Crippen LogP contribution is 2.25. The monoisotopic (exact) mass is 301 g/mol. The molecule has 0 spiro atoms. The zero-order chi connectivity index (χ0) is 11.5. The second-order valence-corrected chi connectivity index (χ2v) is 4.67. The van der Waals surface area contributed by atoms with Gasteiger partial charge in [0.2, 0.25) is 0 Å². The first-order chi connectivity index (χ1) is 7.70. The molecule has 6 heteroatoms. The molecule has 0 aliphatic heterocycles. The van der Waals surface area contributed by atoms with Crippen LogP contribution in [-0.4, -0.2) is 15.1 Å². The third-order valence-corrected chi connectivity index (χ3v) is 2.97. The molecule has 0 radical (unpaired) electrons. The van der Waals surface area contributed by atoms with E-state index in [1.807, 2.05) is 13.0 Å². The fourth-order valence-corrected chi connectivity index (χ4v) is 1.64. The van der Waals surface area contributed by atoms with Crippen LogP contribution in [0.2, 0.25) is 0 Å². The Morgan fingerprint density at radius 2 is 2.31 bits per heavy atom. The molecular formula is C10H9BrClN3O. The minimum atomic E-state index is -0.211. The second kappa shape index (κ2) is 4.93. The van der Waals surface area contributed by atoms with Crippen molar-refractivity contribution in [1.29, 1.82) is 0 Å². The quantitative estimate of drug-likeness (QED) is 0.813. The zero-order valence-corrected chi connectivity index (χ0v) is 10.9. The first-order valence-corrected chi connectivity index (χ1v) is 6.02. The Morgan fingerprint density at radius 1 is 1.50 bits per heavy atom. The summed E-state index contributed by atoms with van der Waals surface area (Å²) >= 11 is 9.34. The highest BCUT2D eigenvalue weighted by Gasteiger charge is 2.15. The highest BCUT2D eigenvalue weighted by atomic mass is 79.9. The van der Waals surface area contributed by atoms with E-state index in [1.54, 1.807) is 12.4 Å². The van der Waals surface area contributed by atoms with Crippen molar-refractivity contribution in [3.05, 3.63) is 28.8 Å². The van der Waals surface area contributed by atoms with Crippen LogP contribution in [0.25, 0.3) is 11.5 Å². The molecular weight excluding hydrogens is 293 g/mol. The number of pyridine rings is 1. The maximum atomic E-state index is 6.01. The molecule has 0 aliphatic carbocycles. The fraction of sp³-hybridized carbons (Fsp3) is 0.300. The van der Waals surface area contributed by atoms with Gasteiger partial charge < -0.3 is 4.52 Å². The molecule has 0 fully saturated rings. The SMILES string of the molecule is CCC(Cl)c1noc(-c2cncc(Br)c2)n1. The van der Waals surface area contributed by atoms with Gasteiger partial charge in [0, 0.05) is 16.9 Å². The molecule has 0 bridgehead atoms. The van der Waals surface area contributed by atoms with E-state index < -0.39 is 0 Å². The van der Waals surface area contributed by atoms with E-state index in [0.717, 1.165) is 16.5 Å². The van der Waals surface area contributed by atoms with Gasteiger partial charge in [-0.3, -0.25) is 4.98 Å². The largest absolute Gasteiger partial charge is 0.334 e. The molecule has 4 nitrogen and oxygen atoms in total. The van der Waals surface area contributed by atoms with Crippen LogP contribution in [0.4, 0.5) is 0 Å². The van der Waals surface area contributed by atoms with Gasteiger partial charge in [-0.05, 0) is 28.4 Å². The van der Waals surface area contributed by atoms with Crippen molar-refractivity contribution in [1.82, 2.24) is 15.1 Å². The number of halogens is 2.